The lowest BCUT2D eigenvalue weighted by Gasteiger charge is -2.25. The number of hydrogen-bond donors (Lipinski definition) is 2. The molecule has 1 saturated heterocycles. The van der Waals surface area contributed by atoms with Gasteiger partial charge in [-0.2, -0.15) is 0 Å². The Morgan fingerprint density at radius 2 is 2.33 bits per heavy atom. The first-order valence-corrected chi connectivity index (χ1v) is 6.79. The number of nitrogens with one attached hydrogen (secondary N) is 2. The zero-order valence-corrected chi connectivity index (χ0v) is 11.8. The number of rotatable bonds is 3. The minimum atomic E-state index is -0.341. The molecule has 0 bridgehead atoms. The first-order chi connectivity index (χ1) is 8.58. The molecule has 6 heteroatoms. The molecule has 1 fully saturated rings. The number of hydrogen-bond acceptors (Lipinski definition) is 4. The number of halogens is 1. The summed E-state index contributed by atoms with van der Waals surface area (Å²) in [6, 6.07) is 3.72. The third kappa shape index (κ3) is 3.00. The highest BCUT2D eigenvalue weighted by atomic mass is 79.9. The van der Waals surface area contributed by atoms with Crippen molar-refractivity contribution < 1.29 is 4.92 Å². The first kappa shape index (κ1) is 13.3. The van der Waals surface area contributed by atoms with Crippen LogP contribution in [0.5, 0.6) is 0 Å². The molecule has 1 aromatic rings. The average Bonchev–Trinajstić information content (AvgIpc) is 2.33. The van der Waals surface area contributed by atoms with Gasteiger partial charge in [-0.15, -0.1) is 0 Å². The Morgan fingerprint density at radius 1 is 1.56 bits per heavy atom. The third-order valence-corrected chi connectivity index (χ3v) is 3.79. The largest absolute Gasteiger partial charge is 0.380 e. The van der Waals surface area contributed by atoms with Crippen molar-refractivity contribution in [3.8, 4) is 0 Å². The van der Waals surface area contributed by atoms with E-state index in [2.05, 4.69) is 26.6 Å². The van der Waals surface area contributed by atoms with Crippen molar-refractivity contribution in [2.75, 3.05) is 18.4 Å². The molecule has 0 aliphatic carbocycles. The summed E-state index contributed by atoms with van der Waals surface area (Å²) in [4.78, 5) is 10.6. The van der Waals surface area contributed by atoms with Crippen LogP contribution < -0.4 is 10.6 Å². The van der Waals surface area contributed by atoms with E-state index in [9.17, 15) is 10.1 Å². The Kier molecular flexibility index (Phi) is 4.19. The fourth-order valence-corrected chi connectivity index (χ4v) is 2.74. The zero-order valence-electron chi connectivity index (χ0n) is 10.2. The van der Waals surface area contributed by atoms with Gasteiger partial charge in [-0.1, -0.05) is 0 Å². The average molecular weight is 314 g/mol. The molecular formula is C12H16BrN3O2. The van der Waals surface area contributed by atoms with Gasteiger partial charge in [0, 0.05) is 28.7 Å². The molecular weight excluding hydrogens is 298 g/mol. The molecule has 0 saturated carbocycles. The number of nitro benzene ring substituents is 1. The predicted octanol–water partition coefficient (Wildman–Crippen LogP) is 2.83. The molecule has 0 aromatic heterocycles. The normalized spacial score (nSPS) is 19.6. The van der Waals surface area contributed by atoms with Gasteiger partial charge in [0.25, 0.3) is 5.69 Å². The highest BCUT2D eigenvalue weighted by molar-refractivity contribution is 9.10. The van der Waals surface area contributed by atoms with E-state index in [4.69, 9.17) is 0 Å². The van der Waals surface area contributed by atoms with E-state index in [-0.39, 0.29) is 10.6 Å². The molecule has 98 valence electrons. The molecule has 1 atom stereocenters. The van der Waals surface area contributed by atoms with Crippen LogP contribution in [-0.2, 0) is 0 Å². The topological polar surface area (TPSA) is 67.2 Å². The van der Waals surface area contributed by atoms with Crippen molar-refractivity contribution in [1.82, 2.24) is 5.32 Å². The quantitative estimate of drug-likeness (QED) is 0.665. The maximum absolute atomic E-state index is 10.9. The number of nitro groups is 1. The van der Waals surface area contributed by atoms with Crippen molar-refractivity contribution in [2.24, 2.45) is 0 Å². The summed E-state index contributed by atoms with van der Waals surface area (Å²) in [6.07, 6.45) is 2.21. The predicted molar refractivity (Wildman–Crippen MR) is 75.0 cm³/mol. The number of anilines is 1. The lowest BCUT2D eigenvalue weighted by atomic mass is 10.1. The molecule has 18 heavy (non-hydrogen) atoms. The van der Waals surface area contributed by atoms with Crippen LogP contribution in [0.15, 0.2) is 16.6 Å². The molecule has 0 radical (unpaired) electrons. The SMILES string of the molecule is Cc1cc(Br)c(NC2CCCNC2)cc1[N+](=O)[O-]. The molecule has 5 nitrogen and oxygen atoms in total. The standard InChI is InChI=1S/C12H16BrN3O2/c1-8-5-10(13)11(6-12(8)16(17)18)15-9-3-2-4-14-7-9/h5-6,9,14-15H,2-4,7H2,1H3. The molecule has 2 rings (SSSR count). The van der Waals surface area contributed by atoms with Gasteiger partial charge < -0.3 is 10.6 Å². The van der Waals surface area contributed by atoms with Crippen molar-refractivity contribution in [1.29, 1.82) is 0 Å². The van der Waals surface area contributed by atoms with Crippen molar-refractivity contribution >= 4 is 27.3 Å². The number of nitrogens with zero attached hydrogens (tertiary/aromatic N) is 1. The first-order valence-electron chi connectivity index (χ1n) is 5.99. The fourth-order valence-electron chi connectivity index (χ4n) is 2.16. The fraction of sp³-hybridized carbons (Fsp3) is 0.500. The van der Waals surface area contributed by atoms with Crippen LogP contribution >= 0.6 is 15.9 Å². The summed E-state index contributed by atoms with van der Waals surface area (Å²) in [7, 11) is 0. The maximum atomic E-state index is 10.9. The van der Waals surface area contributed by atoms with E-state index in [1.807, 2.05) is 0 Å². The second-order valence-corrected chi connectivity index (χ2v) is 5.42. The smallest absolute Gasteiger partial charge is 0.274 e. The van der Waals surface area contributed by atoms with Gasteiger partial charge in [0.1, 0.15) is 0 Å². The highest BCUT2D eigenvalue weighted by Gasteiger charge is 2.18. The Balaban J connectivity index is 2.21. The summed E-state index contributed by atoms with van der Waals surface area (Å²) in [6.45, 7) is 3.69. The summed E-state index contributed by atoms with van der Waals surface area (Å²) in [5.41, 5.74) is 1.62. The van der Waals surface area contributed by atoms with Crippen LogP contribution in [0.1, 0.15) is 18.4 Å². The minimum Gasteiger partial charge on any atom is -0.380 e. The van der Waals surface area contributed by atoms with Crippen molar-refractivity contribution in [2.45, 2.75) is 25.8 Å². The van der Waals surface area contributed by atoms with Crippen LogP contribution in [0.4, 0.5) is 11.4 Å². The highest BCUT2D eigenvalue weighted by Crippen LogP contribution is 2.31. The minimum absolute atomic E-state index is 0.157. The second kappa shape index (κ2) is 5.67. The summed E-state index contributed by atoms with van der Waals surface area (Å²) in [5.74, 6) is 0. The van der Waals surface area contributed by atoms with Crippen LogP contribution in [0.3, 0.4) is 0 Å². The van der Waals surface area contributed by atoms with Crippen LogP contribution in [-0.4, -0.2) is 24.1 Å². The maximum Gasteiger partial charge on any atom is 0.274 e. The molecule has 2 N–H and O–H groups in total. The summed E-state index contributed by atoms with van der Waals surface area (Å²) >= 11 is 3.45. The van der Waals surface area contributed by atoms with Gasteiger partial charge in [0.15, 0.2) is 0 Å². The molecule has 1 aliphatic rings. The second-order valence-electron chi connectivity index (χ2n) is 4.56. The van der Waals surface area contributed by atoms with Gasteiger partial charge in [-0.3, -0.25) is 10.1 Å². The molecule has 1 aromatic carbocycles. The molecule has 0 amide bonds. The van der Waals surface area contributed by atoms with E-state index < -0.39 is 0 Å². The van der Waals surface area contributed by atoms with E-state index in [1.165, 1.54) is 0 Å². The van der Waals surface area contributed by atoms with E-state index >= 15 is 0 Å². The van der Waals surface area contributed by atoms with Gasteiger partial charge >= 0.3 is 0 Å². The lowest BCUT2D eigenvalue weighted by molar-refractivity contribution is -0.385. The number of aryl methyl sites for hydroxylation is 1. The monoisotopic (exact) mass is 313 g/mol. The van der Waals surface area contributed by atoms with Gasteiger partial charge in [0.2, 0.25) is 0 Å². The van der Waals surface area contributed by atoms with Crippen LogP contribution in [0, 0.1) is 17.0 Å². The van der Waals surface area contributed by atoms with Gasteiger partial charge in [-0.25, -0.2) is 0 Å². The Labute approximate surface area is 114 Å². The Bertz CT molecular complexity index is 459. The Hall–Kier alpha value is -1.14. The summed E-state index contributed by atoms with van der Waals surface area (Å²) < 4.78 is 0.871. The Morgan fingerprint density at radius 3 is 2.94 bits per heavy atom. The van der Waals surface area contributed by atoms with E-state index in [1.54, 1.807) is 19.1 Å². The van der Waals surface area contributed by atoms with Crippen molar-refractivity contribution in [3.63, 3.8) is 0 Å². The van der Waals surface area contributed by atoms with Crippen molar-refractivity contribution in [3.05, 3.63) is 32.3 Å². The van der Waals surface area contributed by atoms with Crippen LogP contribution in [0.25, 0.3) is 0 Å². The molecule has 0 spiro atoms. The number of piperidine rings is 1. The zero-order chi connectivity index (χ0) is 13.1. The van der Waals surface area contributed by atoms with Crippen LogP contribution in [0.2, 0.25) is 0 Å². The molecule has 1 unspecified atom stereocenters. The van der Waals surface area contributed by atoms with Gasteiger partial charge in [-0.05, 0) is 48.3 Å². The lowest BCUT2D eigenvalue weighted by Crippen LogP contribution is -2.38. The van der Waals surface area contributed by atoms with E-state index in [0.717, 1.165) is 36.1 Å². The molecule has 1 heterocycles. The summed E-state index contributed by atoms with van der Waals surface area (Å²) in [5, 5.41) is 17.6. The molecule has 1 aliphatic heterocycles. The third-order valence-electron chi connectivity index (χ3n) is 3.14. The van der Waals surface area contributed by atoms with E-state index in [0.29, 0.717) is 11.6 Å². The number of benzene rings is 1. The van der Waals surface area contributed by atoms with Gasteiger partial charge in [0.05, 0.1) is 10.6 Å².